The molecule has 32 heavy (non-hydrogen) atoms. The first-order valence-corrected chi connectivity index (χ1v) is 10.8. The SMILES string of the molecule is COc1ccc(C(=O)OCC(=O)C(C#N)=C(C)N)cc1S(=O)(=O)N(C)Cc1ccccc1. The monoisotopic (exact) mass is 457 g/mol. The molecule has 0 aromatic heterocycles. The molecule has 2 aromatic rings. The van der Waals surface area contributed by atoms with Crippen LogP contribution in [0, 0.1) is 11.3 Å². The van der Waals surface area contributed by atoms with Gasteiger partial charge in [-0.1, -0.05) is 30.3 Å². The van der Waals surface area contributed by atoms with E-state index in [0.717, 1.165) is 15.9 Å². The van der Waals surface area contributed by atoms with Crippen LogP contribution in [0.2, 0.25) is 0 Å². The van der Waals surface area contributed by atoms with Gasteiger partial charge in [0.2, 0.25) is 15.8 Å². The second-order valence-corrected chi connectivity index (χ2v) is 8.79. The number of ketones is 1. The Balaban J connectivity index is 2.28. The van der Waals surface area contributed by atoms with Crippen LogP contribution >= 0.6 is 0 Å². The third-order valence-electron chi connectivity index (χ3n) is 4.45. The fourth-order valence-electron chi connectivity index (χ4n) is 2.76. The highest BCUT2D eigenvalue weighted by Gasteiger charge is 2.27. The lowest BCUT2D eigenvalue weighted by atomic mass is 10.1. The van der Waals surface area contributed by atoms with Gasteiger partial charge in [-0.3, -0.25) is 4.79 Å². The second-order valence-electron chi connectivity index (χ2n) is 6.78. The van der Waals surface area contributed by atoms with Gasteiger partial charge in [0.15, 0.2) is 6.61 Å². The number of nitriles is 1. The van der Waals surface area contributed by atoms with Crippen LogP contribution in [0.15, 0.2) is 64.7 Å². The predicted molar refractivity (Wildman–Crippen MR) is 116 cm³/mol. The first-order chi connectivity index (χ1) is 15.1. The minimum Gasteiger partial charge on any atom is -0.495 e. The van der Waals surface area contributed by atoms with E-state index >= 15 is 0 Å². The molecule has 0 radical (unpaired) electrons. The molecule has 2 aromatic carbocycles. The molecule has 0 fully saturated rings. The van der Waals surface area contributed by atoms with Crippen molar-refractivity contribution in [2.24, 2.45) is 5.73 Å². The van der Waals surface area contributed by atoms with Crippen LogP contribution in [0.5, 0.6) is 5.75 Å². The number of nitrogens with zero attached hydrogens (tertiary/aromatic N) is 2. The van der Waals surface area contributed by atoms with Gasteiger partial charge in [-0.25, -0.2) is 13.2 Å². The van der Waals surface area contributed by atoms with Gasteiger partial charge in [0.05, 0.1) is 12.7 Å². The highest BCUT2D eigenvalue weighted by atomic mass is 32.2. The normalized spacial score (nSPS) is 12.0. The summed E-state index contributed by atoms with van der Waals surface area (Å²) in [5.41, 5.74) is 5.84. The van der Waals surface area contributed by atoms with Crippen LogP contribution in [-0.2, 0) is 26.1 Å². The average Bonchev–Trinajstić information content (AvgIpc) is 2.77. The third kappa shape index (κ3) is 5.72. The molecule has 0 bridgehead atoms. The molecule has 0 saturated heterocycles. The molecule has 2 rings (SSSR count). The Kier molecular flexibility index (Phi) is 8.12. The van der Waals surface area contributed by atoms with E-state index in [0.29, 0.717) is 0 Å². The fourth-order valence-corrected chi connectivity index (χ4v) is 4.09. The fraction of sp³-hybridized carbons (Fsp3) is 0.227. The van der Waals surface area contributed by atoms with Crippen molar-refractivity contribution in [1.82, 2.24) is 4.31 Å². The molecule has 0 unspecified atom stereocenters. The maximum atomic E-state index is 13.1. The van der Waals surface area contributed by atoms with Crippen molar-refractivity contribution in [2.45, 2.75) is 18.4 Å². The highest BCUT2D eigenvalue weighted by Crippen LogP contribution is 2.28. The van der Waals surface area contributed by atoms with E-state index in [-0.39, 0.29) is 34.0 Å². The predicted octanol–water partition coefficient (Wildman–Crippen LogP) is 2.00. The Bertz CT molecular complexity index is 1180. The maximum absolute atomic E-state index is 13.1. The highest BCUT2D eigenvalue weighted by molar-refractivity contribution is 7.89. The average molecular weight is 458 g/mol. The number of benzene rings is 2. The Morgan fingerprint density at radius 3 is 2.38 bits per heavy atom. The molecule has 0 amide bonds. The molecular weight excluding hydrogens is 434 g/mol. The second kappa shape index (κ2) is 10.6. The number of Topliss-reactive ketones (excluding diaryl/α,β-unsaturated/α-hetero) is 1. The number of nitrogens with two attached hydrogens (primary N) is 1. The number of carbonyl (C=O) groups is 2. The molecule has 2 N–H and O–H groups in total. The van der Waals surface area contributed by atoms with Crippen LogP contribution in [0.25, 0.3) is 0 Å². The first kappa shape index (κ1) is 24.6. The van der Waals surface area contributed by atoms with Gasteiger partial charge in [0.1, 0.15) is 22.3 Å². The minimum atomic E-state index is -4.03. The van der Waals surface area contributed by atoms with Crippen LogP contribution in [0.4, 0.5) is 0 Å². The Morgan fingerprint density at radius 1 is 1.16 bits per heavy atom. The lowest BCUT2D eigenvalue weighted by Crippen LogP contribution is -2.27. The number of carbonyl (C=O) groups excluding carboxylic acids is 2. The van der Waals surface area contributed by atoms with E-state index in [2.05, 4.69) is 0 Å². The van der Waals surface area contributed by atoms with E-state index < -0.39 is 28.4 Å². The number of ether oxygens (including phenoxy) is 2. The molecule has 0 aliphatic rings. The summed E-state index contributed by atoms with van der Waals surface area (Å²) in [6.07, 6.45) is 0. The number of allylic oxidation sites excluding steroid dienone is 1. The summed E-state index contributed by atoms with van der Waals surface area (Å²) in [6, 6.07) is 14.4. The van der Waals surface area contributed by atoms with Crippen molar-refractivity contribution in [3.05, 3.63) is 70.9 Å². The Hall–Kier alpha value is -3.68. The van der Waals surface area contributed by atoms with Crippen LogP contribution in [0.1, 0.15) is 22.8 Å². The van der Waals surface area contributed by atoms with Crippen molar-refractivity contribution < 1.29 is 27.5 Å². The van der Waals surface area contributed by atoms with E-state index in [1.165, 1.54) is 33.2 Å². The molecule has 9 nitrogen and oxygen atoms in total. The summed E-state index contributed by atoms with van der Waals surface area (Å²) in [7, 11) is -1.30. The summed E-state index contributed by atoms with van der Waals surface area (Å²) in [4.78, 5) is 24.2. The number of methoxy groups -OCH3 is 1. The van der Waals surface area contributed by atoms with Crippen molar-refractivity contribution in [1.29, 1.82) is 5.26 Å². The largest absolute Gasteiger partial charge is 0.495 e. The lowest BCUT2D eigenvalue weighted by molar-refractivity contribution is -0.118. The quantitative estimate of drug-likeness (QED) is 0.343. The molecule has 0 spiro atoms. The van der Waals surface area contributed by atoms with E-state index in [4.69, 9.17) is 20.5 Å². The Labute approximate surface area is 186 Å². The first-order valence-electron chi connectivity index (χ1n) is 9.36. The van der Waals surface area contributed by atoms with Crippen LogP contribution in [0.3, 0.4) is 0 Å². The van der Waals surface area contributed by atoms with Crippen molar-refractivity contribution in [3.63, 3.8) is 0 Å². The van der Waals surface area contributed by atoms with Crippen molar-refractivity contribution in [2.75, 3.05) is 20.8 Å². The minimum absolute atomic E-state index is 0.00725. The van der Waals surface area contributed by atoms with Crippen LogP contribution < -0.4 is 10.5 Å². The zero-order chi connectivity index (χ0) is 23.9. The van der Waals surface area contributed by atoms with E-state index in [1.807, 2.05) is 6.07 Å². The standard InChI is InChI=1S/C22H23N3O6S/c1-15(24)18(12-23)19(26)14-31-22(27)17-9-10-20(30-3)21(11-17)32(28,29)25(2)13-16-7-5-4-6-8-16/h4-11H,13-14,24H2,1-3H3. The van der Waals surface area contributed by atoms with Crippen molar-refractivity contribution in [3.8, 4) is 11.8 Å². The van der Waals surface area contributed by atoms with Gasteiger partial charge in [-0.2, -0.15) is 9.57 Å². The zero-order valence-electron chi connectivity index (χ0n) is 17.9. The maximum Gasteiger partial charge on any atom is 0.338 e. The van der Waals surface area contributed by atoms with Crippen molar-refractivity contribution >= 4 is 21.8 Å². The molecule has 168 valence electrons. The topological polar surface area (TPSA) is 140 Å². The van der Waals surface area contributed by atoms with Gasteiger partial charge in [-0.15, -0.1) is 0 Å². The number of sulfonamides is 1. The molecule has 10 heteroatoms. The molecule has 0 heterocycles. The van der Waals surface area contributed by atoms with E-state index in [1.54, 1.807) is 30.3 Å². The number of esters is 1. The number of hydrogen-bond acceptors (Lipinski definition) is 8. The summed E-state index contributed by atoms with van der Waals surface area (Å²) in [5.74, 6) is -1.65. The third-order valence-corrected chi connectivity index (χ3v) is 6.28. The van der Waals surface area contributed by atoms with Gasteiger partial charge in [-0.05, 0) is 30.7 Å². The van der Waals surface area contributed by atoms with Gasteiger partial charge < -0.3 is 15.2 Å². The lowest BCUT2D eigenvalue weighted by Gasteiger charge is -2.19. The number of rotatable bonds is 9. The van der Waals surface area contributed by atoms with Gasteiger partial charge in [0.25, 0.3) is 0 Å². The molecular formula is C22H23N3O6S. The molecule has 0 atom stereocenters. The summed E-state index contributed by atoms with van der Waals surface area (Å²) in [6.45, 7) is 0.778. The zero-order valence-corrected chi connectivity index (χ0v) is 18.7. The summed E-state index contributed by atoms with van der Waals surface area (Å²) in [5, 5.41) is 8.96. The molecule has 0 aliphatic carbocycles. The smallest absolute Gasteiger partial charge is 0.338 e. The summed E-state index contributed by atoms with van der Waals surface area (Å²) < 4.78 is 37.5. The van der Waals surface area contributed by atoms with Gasteiger partial charge >= 0.3 is 5.97 Å². The summed E-state index contributed by atoms with van der Waals surface area (Å²) >= 11 is 0. The van der Waals surface area contributed by atoms with Gasteiger partial charge in [0, 0.05) is 19.3 Å². The van der Waals surface area contributed by atoms with E-state index in [9.17, 15) is 18.0 Å². The molecule has 0 saturated carbocycles. The Morgan fingerprint density at radius 2 is 1.81 bits per heavy atom. The van der Waals surface area contributed by atoms with Crippen LogP contribution in [-0.4, -0.2) is 45.2 Å². The number of hydrogen-bond donors (Lipinski definition) is 1. The molecule has 0 aliphatic heterocycles.